The lowest BCUT2D eigenvalue weighted by Crippen LogP contribution is -2.04. The van der Waals surface area contributed by atoms with E-state index in [1.54, 1.807) is 60.0 Å². The predicted octanol–water partition coefficient (Wildman–Crippen LogP) is 5.57. The summed E-state index contributed by atoms with van der Waals surface area (Å²) in [5.74, 6) is -0.396. The van der Waals surface area contributed by atoms with E-state index in [9.17, 15) is 4.79 Å². The van der Waals surface area contributed by atoms with Crippen molar-refractivity contribution in [2.24, 2.45) is 0 Å². The van der Waals surface area contributed by atoms with Gasteiger partial charge in [-0.2, -0.15) is 0 Å². The van der Waals surface area contributed by atoms with Gasteiger partial charge < -0.3 is 13.9 Å². The average Bonchev–Trinajstić information content (AvgIpc) is 3.19. The van der Waals surface area contributed by atoms with Gasteiger partial charge >= 0.3 is 5.97 Å². The first-order valence-corrected chi connectivity index (χ1v) is 10.1. The van der Waals surface area contributed by atoms with Gasteiger partial charge in [-0.15, -0.1) is 0 Å². The number of carbonyl (C=O) groups is 1. The van der Waals surface area contributed by atoms with E-state index in [4.69, 9.17) is 21.1 Å². The molecule has 31 heavy (non-hydrogen) atoms. The minimum absolute atomic E-state index is 0.234. The Bertz CT molecular complexity index is 1270. The maximum absolute atomic E-state index is 15.5. The van der Waals surface area contributed by atoms with Crippen LogP contribution in [0.2, 0.25) is 5.02 Å². The number of methoxy groups -OCH3 is 1. The molecule has 0 saturated carbocycles. The molecule has 4 aromatic rings. The van der Waals surface area contributed by atoms with Gasteiger partial charge in [-0.05, 0) is 47.9 Å². The number of fused-ring (bicyclic) bond motifs is 1. The number of hydrogen-bond acceptors (Lipinski definition) is 4. The number of halogens is 2. The minimum atomic E-state index is -0.472. The molecule has 0 aliphatic heterocycles. The van der Waals surface area contributed by atoms with Crippen LogP contribution in [-0.2, 0) is 11.2 Å². The monoisotopic (exact) mass is 438 g/mol. The van der Waals surface area contributed by atoms with E-state index < -0.39 is 5.97 Å². The normalized spacial score (nSPS) is 11.0. The Labute approximate surface area is 184 Å². The minimum Gasteiger partial charge on any atom is -0.496 e. The van der Waals surface area contributed by atoms with Gasteiger partial charge in [0.25, 0.3) is 0 Å². The van der Waals surface area contributed by atoms with Crippen LogP contribution in [0.15, 0.2) is 60.9 Å². The Balaban J connectivity index is 1.70. The molecule has 0 N–H and O–H groups in total. The topological polar surface area (TPSA) is 52.8 Å². The Hall–Kier alpha value is -3.38. The van der Waals surface area contributed by atoms with Crippen molar-refractivity contribution in [2.45, 2.75) is 13.3 Å². The van der Waals surface area contributed by atoms with Gasteiger partial charge in [0, 0.05) is 23.8 Å². The molecule has 0 radical (unpaired) electrons. The van der Waals surface area contributed by atoms with Crippen LogP contribution < -0.4 is 4.74 Å². The summed E-state index contributed by atoms with van der Waals surface area (Å²) < 4.78 is 27.7. The molecule has 0 aliphatic carbocycles. The Morgan fingerprint density at radius 2 is 2.00 bits per heavy atom. The smallest absolute Gasteiger partial charge is 0.358 e. The fraction of sp³-hybridized carbons (Fsp3) is 0.167. The van der Waals surface area contributed by atoms with Crippen LogP contribution in [0.1, 0.15) is 28.5 Å². The zero-order valence-corrected chi connectivity index (χ0v) is 17.8. The maximum Gasteiger partial charge on any atom is 0.358 e. The average molecular weight is 439 g/mol. The Morgan fingerprint density at radius 3 is 2.74 bits per heavy atom. The van der Waals surface area contributed by atoms with E-state index in [-0.39, 0.29) is 18.1 Å². The number of esters is 1. The number of hydrogen-bond donors (Lipinski definition) is 0. The van der Waals surface area contributed by atoms with E-state index in [0.717, 1.165) is 5.56 Å². The van der Waals surface area contributed by atoms with Crippen molar-refractivity contribution >= 4 is 23.2 Å². The SMILES string of the molecule is CCOC(=O)c1cn2cc(Cc3ccc(OC)c(-c4cccc(Cl)c4)c3F)ccc2n1. The third-order valence-corrected chi connectivity index (χ3v) is 5.14. The van der Waals surface area contributed by atoms with Crippen LogP contribution in [-0.4, -0.2) is 29.1 Å². The third-order valence-electron chi connectivity index (χ3n) is 4.91. The molecule has 158 valence electrons. The van der Waals surface area contributed by atoms with Crippen LogP contribution >= 0.6 is 11.6 Å². The molecule has 2 aromatic carbocycles. The first-order chi connectivity index (χ1) is 15.0. The van der Waals surface area contributed by atoms with Gasteiger partial charge in [-0.1, -0.05) is 35.9 Å². The van der Waals surface area contributed by atoms with Gasteiger partial charge in [0.15, 0.2) is 5.69 Å². The van der Waals surface area contributed by atoms with E-state index >= 15 is 4.39 Å². The number of pyridine rings is 1. The number of rotatable bonds is 6. The summed E-state index contributed by atoms with van der Waals surface area (Å²) >= 11 is 6.11. The molecule has 0 unspecified atom stereocenters. The number of carbonyl (C=O) groups excluding carboxylic acids is 1. The summed E-state index contributed by atoms with van der Waals surface area (Å²) in [6.07, 6.45) is 3.79. The van der Waals surface area contributed by atoms with Crippen molar-refractivity contribution in [2.75, 3.05) is 13.7 Å². The Morgan fingerprint density at radius 1 is 1.16 bits per heavy atom. The first kappa shape index (κ1) is 20.9. The second-order valence-corrected chi connectivity index (χ2v) is 7.39. The van der Waals surface area contributed by atoms with Crippen molar-refractivity contribution < 1.29 is 18.7 Å². The second kappa shape index (κ2) is 8.78. The second-order valence-electron chi connectivity index (χ2n) is 6.95. The molecule has 0 atom stereocenters. The fourth-order valence-electron chi connectivity index (χ4n) is 3.49. The molecule has 7 heteroatoms. The highest BCUT2D eigenvalue weighted by atomic mass is 35.5. The molecule has 4 rings (SSSR count). The molecule has 0 amide bonds. The molecule has 2 heterocycles. The van der Waals surface area contributed by atoms with Crippen LogP contribution in [0.4, 0.5) is 4.39 Å². The number of ether oxygens (including phenoxy) is 2. The lowest BCUT2D eigenvalue weighted by Gasteiger charge is -2.14. The molecular weight excluding hydrogens is 419 g/mol. The zero-order chi connectivity index (χ0) is 22.0. The van der Waals surface area contributed by atoms with Gasteiger partial charge in [0.2, 0.25) is 0 Å². The van der Waals surface area contributed by atoms with Gasteiger partial charge in [0.05, 0.1) is 19.3 Å². The van der Waals surface area contributed by atoms with E-state index in [2.05, 4.69) is 4.98 Å². The Kier molecular flexibility index (Phi) is 5.91. The molecule has 0 bridgehead atoms. The van der Waals surface area contributed by atoms with Crippen molar-refractivity contribution in [3.05, 3.63) is 88.6 Å². The fourth-order valence-corrected chi connectivity index (χ4v) is 3.68. The summed E-state index contributed by atoms with van der Waals surface area (Å²) in [5, 5.41) is 0.521. The summed E-state index contributed by atoms with van der Waals surface area (Å²) in [5.41, 5.74) is 3.24. The van der Waals surface area contributed by atoms with Crippen LogP contribution in [0.5, 0.6) is 5.75 Å². The maximum atomic E-state index is 15.5. The summed E-state index contributed by atoms with van der Waals surface area (Å²) in [6, 6.07) is 14.1. The lowest BCUT2D eigenvalue weighted by atomic mass is 9.97. The third kappa shape index (κ3) is 4.25. The van der Waals surface area contributed by atoms with E-state index in [1.807, 2.05) is 12.3 Å². The van der Waals surface area contributed by atoms with Crippen LogP contribution in [0.3, 0.4) is 0 Å². The summed E-state index contributed by atoms with van der Waals surface area (Å²) in [4.78, 5) is 16.2. The number of nitrogens with zero attached hydrogens (tertiary/aromatic N) is 2. The summed E-state index contributed by atoms with van der Waals surface area (Å²) in [6.45, 7) is 2.02. The van der Waals surface area contributed by atoms with Crippen molar-refractivity contribution in [3.8, 4) is 16.9 Å². The van der Waals surface area contributed by atoms with Crippen molar-refractivity contribution in [1.29, 1.82) is 0 Å². The van der Waals surface area contributed by atoms with E-state index in [1.165, 1.54) is 7.11 Å². The lowest BCUT2D eigenvalue weighted by molar-refractivity contribution is 0.0520. The van der Waals surface area contributed by atoms with Gasteiger partial charge in [-0.3, -0.25) is 0 Å². The summed E-state index contributed by atoms with van der Waals surface area (Å²) in [7, 11) is 1.51. The van der Waals surface area contributed by atoms with Crippen LogP contribution in [0, 0.1) is 5.82 Å². The highest BCUT2D eigenvalue weighted by molar-refractivity contribution is 6.30. The molecule has 0 spiro atoms. The molecule has 0 saturated heterocycles. The molecular formula is C24H20ClFN2O3. The molecule has 0 fully saturated rings. The van der Waals surface area contributed by atoms with Crippen molar-refractivity contribution in [3.63, 3.8) is 0 Å². The predicted molar refractivity (Wildman–Crippen MR) is 117 cm³/mol. The molecule has 5 nitrogen and oxygen atoms in total. The quantitative estimate of drug-likeness (QED) is 0.369. The zero-order valence-electron chi connectivity index (χ0n) is 17.1. The number of benzene rings is 2. The number of imidazole rings is 1. The standard InChI is InChI=1S/C24H20ClFN2O3/c1-3-31-24(29)19-14-28-13-15(7-10-21(28)27-19)11-17-8-9-20(30-2)22(23(17)26)16-5-4-6-18(25)12-16/h4-10,12-14H,3,11H2,1-2H3. The first-order valence-electron chi connectivity index (χ1n) is 9.76. The van der Waals surface area contributed by atoms with Gasteiger partial charge in [0.1, 0.15) is 17.2 Å². The highest BCUT2D eigenvalue weighted by Crippen LogP contribution is 2.36. The molecule has 2 aromatic heterocycles. The van der Waals surface area contributed by atoms with Gasteiger partial charge in [-0.25, -0.2) is 14.2 Å². The highest BCUT2D eigenvalue weighted by Gasteiger charge is 2.17. The van der Waals surface area contributed by atoms with E-state index in [0.29, 0.717) is 39.5 Å². The van der Waals surface area contributed by atoms with Crippen LogP contribution in [0.25, 0.3) is 16.8 Å². The number of aromatic nitrogens is 2. The van der Waals surface area contributed by atoms with Crippen molar-refractivity contribution in [1.82, 2.24) is 9.38 Å². The molecule has 0 aliphatic rings. The largest absolute Gasteiger partial charge is 0.496 e.